The van der Waals surface area contributed by atoms with Crippen molar-refractivity contribution in [1.82, 2.24) is 10.2 Å². The second kappa shape index (κ2) is 4.37. The van der Waals surface area contributed by atoms with Crippen molar-refractivity contribution in [2.75, 3.05) is 5.32 Å². The number of nitrogens with one attached hydrogen (secondary N) is 1. The number of rotatable bonds is 4. The molecular weight excluding hydrogens is 250 g/mol. The standard InChI is InChI=1S/C8H14BrN3S/c1-4-5-8(2,3)10-7-12-11-6(9)13-7/h4-5H2,1-3H3,(H,10,12). The highest BCUT2D eigenvalue weighted by molar-refractivity contribution is 9.11. The van der Waals surface area contributed by atoms with Gasteiger partial charge in [-0.1, -0.05) is 24.7 Å². The topological polar surface area (TPSA) is 37.8 Å². The molecule has 74 valence electrons. The fraction of sp³-hybridized carbons (Fsp3) is 0.750. The van der Waals surface area contributed by atoms with Crippen LogP contribution in [0, 0.1) is 0 Å². The molecule has 1 rings (SSSR count). The minimum Gasteiger partial charge on any atom is -0.355 e. The summed E-state index contributed by atoms with van der Waals surface area (Å²) in [5.74, 6) is 0. The molecule has 0 bridgehead atoms. The Kier molecular flexibility index (Phi) is 3.67. The predicted molar refractivity (Wildman–Crippen MR) is 60.2 cm³/mol. The van der Waals surface area contributed by atoms with Gasteiger partial charge < -0.3 is 5.32 Å². The molecule has 0 saturated heterocycles. The molecular formula is C8H14BrN3S. The molecule has 0 aliphatic rings. The maximum Gasteiger partial charge on any atom is 0.206 e. The van der Waals surface area contributed by atoms with Gasteiger partial charge in [-0.25, -0.2) is 0 Å². The van der Waals surface area contributed by atoms with Crippen LogP contribution in [0.25, 0.3) is 0 Å². The Bertz CT molecular complexity index is 272. The van der Waals surface area contributed by atoms with Gasteiger partial charge in [0.2, 0.25) is 5.13 Å². The molecule has 0 aromatic carbocycles. The SMILES string of the molecule is CCCC(C)(C)Nc1nnc(Br)s1. The lowest BCUT2D eigenvalue weighted by Gasteiger charge is -2.24. The van der Waals surface area contributed by atoms with E-state index < -0.39 is 0 Å². The first-order chi connectivity index (χ1) is 6.03. The van der Waals surface area contributed by atoms with Crippen molar-refractivity contribution in [3.05, 3.63) is 3.92 Å². The molecule has 0 saturated carbocycles. The first-order valence-corrected chi connectivity index (χ1v) is 5.91. The van der Waals surface area contributed by atoms with Crippen molar-refractivity contribution in [3.8, 4) is 0 Å². The molecule has 0 amide bonds. The molecule has 1 aromatic rings. The molecule has 1 N–H and O–H groups in total. The molecule has 0 unspecified atom stereocenters. The average molecular weight is 264 g/mol. The maximum atomic E-state index is 3.99. The van der Waals surface area contributed by atoms with Crippen LogP contribution in [0.15, 0.2) is 3.92 Å². The van der Waals surface area contributed by atoms with E-state index in [1.54, 1.807) is 0 Å². The number of aromatic nitrogens is 2. The van der Waals surface area contributed by atoms with Crippen molar-refractivity contribution in [1.29, 1.82) is 0 Å². The Labute approximate surface area is 91.1 Å². The summed E-state index contributed by atoms with van der Waals surface area (Å²) in [6.07, 6.45) is 2.30. The van der Waals surface area contributed by atoms with Crippen molar-refractivity contribution in [3.63, 3.8) is 0 Å². The molecule has 1 heterocycles. The van der Waals surface area contributed by atoms with Gasteiger partial charge >= 0.3 is 0 Å². The average Bonchev–Trinajstić information content (AvgIpc) is 2.34. The van der Waals surface area contributed by atoms with Crippen LogP contribution in [-0.2, 0) is 0 Å². The molecule has 0 atom stereocenters. The Morgan fingerprint density at radius 1 is 1.46 bits per heavy atom. The van der Waals surface area contributed by atoms with E-state index in [0.717, 1.165) is 15.5 Å². The summed E-state index contributed by atoms with van der Waals surface area (Å²) in [4.78, 5) is 0. The monoisotopic (exact) mass is 263 g/mol. The second-order valence-corrected chi connectivity index (χ2v) is 5.87. The highest BCUT2D eigenvalue weighted by Crippen LogP contribution is 2.25. The van der Waals surface area contributed by atoms with Gasteiger partial charge in [0.15, 0.2) is 3.92 Å². The van der Waals surface area contributed by atoms with Crippen LogP contribution in [-0.4, -0.2) is 15.7 Å². The van der Waals surface area contributed by atoms with Gasteiger partial charge in [0.25, 0.3) is 0 Å². The van der Waals surface area contributed by atoms with E-state index >= 15 is 0 Å². The van der Waals surface area contributed by atoms with Crippen LogP contribution in [0.3, 0.4) is 0 Å². The number of halogens is 1. The zero-order chi connectivity index (χ0) is 9.90. The van der Waals surface area contributed by atoms with Crippen LogP contribution in [0.1, 0.15) is 33.6 Å². The number of hydrogen-bond acceptors (Lipinski definition) is 4. The fourth-order valence-corrected chi connectivity index (χ4v) is 2.42. The molecule has 13 heavy (non-hydrogen) atoms. The zero-order valence-electron chi connectivity index (χ0n) is 8.09. The quantitative estimate of drug-likeness (QED) is 0.906. The lowest BCUT2D eigenvalue weighted by molar-refractivity contribution is 0.510. The number of hydrogen-bond donors (Lipinski definition) is 1. The molecule has 0 aliphatic heterocycles. The maximum absolute atomic E-state index is 3.99. The van der Waals surface area contributed by atoms with Crippen LogP contribution in [0.4, 0.5) is 5.13 Å². The normalized spacial score (nSPS) is 11.7. The third-order valence-electron chi connectivity index (χ3n) is 1.72. The van der Waals surface area contributed by atoms with E-state index in [9.17, 15) is 0 Å². The van der Waals surface area contributed by atoms with Crippen molar-refractivity contribution < 1.29 is 0 Å². The zero-order valence-corrected chi connectivity index (χ0v) is 10.5. The van der Waals surface area contributed by atoms with Crippen molar-refractivity contribution in [2.24, 2.45) is 0 Å². The molecule has 0 aliphatic carbocycles. The smallest absolute Gasteiger partial charge is 0.206 e. The predicted octanol–water partition coefficient (Wildman–Crippen LogP) is 3.29. The summed E-state index contributed by atoms with van der Waals surface area (Å²) < 4.78 is 0.822. The van der Waals surface area contributed by atoms with Crippen LogP contribution < -0.4 is 5.32 Å². The molecule has 1 aromatic heterocycles. The largest absolute Gasteiger partial charge is 0.355 e. The van der Waals surface area contributed by atoms with Crippen molar-refractivity contribution in [2.45, 2.75) is 39.2 Å². The van der Waals surface area contributed by atoms with E-state index in [1.165, 1.54) is 17.8 Å². The highest BCUT2D eigenvalue weighted by atomic mass is 79.9. The molecule has 0 radical (unpaired) electrons. The Morgan fingerprint density at radius 2 is 2.15 bits per heavy atom. The van der Waals surface area contributed by atoms with Gasteiger partial charge in [-0.3, -0.25) is 0 Å². The molecule has 0 spiro atoms. The Balaban J connectivity index is 2.57. The van der Waals surface area contributed by atoms with Gasteiger partial charge in [0.1, 0.15) is 0 Å². The lowest BCUT2D eigenvalue weighted by atomic mass is 10.00. The van der Waals surface area contributed by atoms with Crippen molar-refractivity contribution >= 4 is 32.4 Å². The molecule has 0 fully saturated rings. The van der Waals surface area contributed by atoms with Gasteiger partial charge in [-0.15, -0.1) is 10.2 Å². The van der Waals surface area contributed by atoms with Crippen LogP contribution in [0.5, 0.6) is 0 Å². The number of nitrogens with zero attached hydrogens (tertiary/aromatic N) is 2. The van der Waals surface area contributed by atoms with Crippen LogP contribution >= 0.6 is 27.3 Å². The highest BCUT2D eigenvalue weighted by Gasteiger charge is 2.17. The number of anilines is 1. The van der Waals surface area contributed by atoms with E-state index in [-0.39, 0.29) is 5.54 Å². The summed E-state index contributed by atoms with van der Waals surface area (Å²) in [7, 11) is 0. The minimum atomic E-state index is 0.105. The second-order valence-electron chi connectivity index (χ2n) is 3.62. The fourth-order valence-electron chi connectivity index (χ4n) is 1.23. The first kappa shape index (κ1) is 10.9. The summed E-state index contributed by atoms with van der Waals surface area (Å²) in [6.45, 7) is 6.52. The summed E-state index contributed by atoms with van der Waals surface area (Å²) in [5, 5.41) is 12.1. The Hall–Kier alpha value is -0.160. The molecule has 5 heteroatoms. The molecule has 3 nitrogen and oxygen atoms in total. The lowest BCUT2D eigenvalue weighted by Crippen LogP contribution is -2.30. The van der Waals surface area contributed by atoms with E-state index in [4.69, 9.17) is 0 Å². The van der Waals surface area contributed by atoms with Gasteiger partial charge in [0.05, 0.1) is 0 Å². The third kappa shape index (κ3) is 3.60. The summed E-state index contributed by atoms with van der Waals surface area (Å²) in [5.41, 5.74) is 0.105. The Morgan fingerprint density at radius 3 is 2.62 bits per heavy atom. The van der Waals surface area contributed by atoms with Gasteiger partial charge in [0, 0.05) is 5.54 Å². The van der Waals surface area contributed by atoms with E-state index in [2.05, 4.69) is 52.2 Å². The van der Waals surface area contributed by atoms with E-state index in [0.29, 0.717) is 0 Å². The minimum absolute atomic E-state index is 0.105. The first-order valence-electron chi connectivity index (χ1n) is 4.31. The van der Waals surface area contributed by atoms with Gasteiger partial charge in [-0.05, 0) is 36.2 Å². The summed E-state index contributed by atoms with van der Waals surface area (Å²) in [6, 6.07) is 0. The summed E-state index contributed by atoms with van der Waals surface area (Å²) >= 11 is 4.81. The third-order valence-corrected chi connectivity index (χ3v) is 2.99. The van der Waals surface area contributed by atoms with E-state index in [1.807, 2.05) is 0 Å². The van der Waals surface area contributed by atoms with Gasteiger partial charge in [-0.2, -0.15) is 0 Å². The van der Waals surface area contributed by atoms with Crippen LogP contribution in [0.2, 0.25) is 0 Å².